The van der Waals surface area contributed by atoms with E-state index in [0.717, 1.165) is 17.8 Å². The fourth-order valence-corrected chi connectivity index (χ4v) is 1.01. The van der Waals surface area contributed by atoms with Gasteiger partial charge in [-0.1, -0.05) is 0 Å². The van der Waals surface area contributed by atoms with Gasteiger partial charge in [-0.05, 0) is 33.4 Å². The van der Waals surface area contributed by atoms with Crippen LogP contribution in [-0.2, 0) is 6.54 Å². The minimum absolute atomic E-state index is 0.550. The molecule has 0 radical (unpaired) electrons. The van der Waals surface area contributed by atoms with Gasteiger partial charge in [0, 0.05) is 18.8 Å². The van der Waals surface area contributed by atoms with Crippen LogP contribution in [0.1, 0.15) is 25.1 Å². The molecule has 0 aliphatic heterocycles. The molecule has 1 rings (SSSR count). The molecule has 72 valence electrons. The summed E-state index contributed by atoms with van der Waals surface area (Å²) < 4.78 is 0. The maximum Gasteiger partial charge on any atom is 0.115 e. The van der Waals surface area contributed by atoms with Crippen molar-refractivity contribution in [2.75, 3.05) is 7.05 Å². The predicted octanol–water partition coefficient (Wildman–Crippen LogP) is 1.63. The highest BCUT2D eigenvalue weighted by Crippen LogP contribution is 2.06. The molecule has 0 aliphatic rings. The first-order chi connectivity index (χ1) is 6.11. The van der Waals surface area contributed by atoms with Gasteiger partial charge in [0.1, 0.15) is 6.33 Å². The zero-order valence-corrected chi connectivity index (χ0v) is 8.78. The smallest absolute Gasteiger partial charge is 0.115 e. The van der Waals surface area contributed by atoms with E-state index in [1.807, 2.05) is 13.1 Å². The molecule has 0 bridgehead atoms. The summed E-state index contributed by atoms with van der Waals surface area (Å²) in [4.78, 5) is 10.5. The van der Waals surface area contributed by atoms with E-state index >= 15 is 0 Å². The van der Waals surface area contributed by atoms with Crippen LogP contribution in [0.2, 0.25) is 0 Å². The van der Waals surface area contributed by atoms with Gasteiger partial charge in [-0.25, -0.2) is 9.97 Å². The lowest BCUT2D eigenvalue weighted by atomic mass is 10.2. The van der Waals surface area contributed by atoms with Crippen LogP contribution >= 0.6 is 0 Å². The van der Waals surface area contributed by atoms with Crippen LogP contribution in [-0.4, -0.2) is 28.0 Å². The Morgan fingerprint density at radius 2 is 2.15 bits per heavy atom. The average Bonchev–Trinajstić information content (AvgIpc) is 2.08. The highest BCUT2D eigenvalue weighted by Gasteiger charge is 2.06. The molecule has 1 aromatic rings. The molecule has 3 heteroatoms. The minimum atomic E-state index is 0.550. The third kappa shape index (κ3) is 2.77. The third-order valence-electron chi connectivity index (χ3n) is 2.28. The Bertz CT molecular complexity index is 271. The largest absolute Gasteiger partial charge is 0.298 e. The van der Waals surface area contributed by atoms with Gasteiger partial charge in [0.05, 0.1) is 5.69 Å². The second kappa shape index (κ2) is 4.33. The Morgan fingerprint density at radius 3 is 2.69 bits per heavy atom. The number of aryl methyl sites for hydroxylation is 1. The number of hydrogen-bond acceptors (Lipinski definition) is 3. The molecule has 1 heterocycles. The SMILES string of the molecule is Cc1cncnc1CN(C)C(C)C. The van der Waals surface area contributed by atoms with Crippen molar-refractivity contribution in [2.24, 2.45) is 0 Å². The summed E-state index contributed by atoms with van der Waals surface area (Å²) in [5.41, 5.74) is 2.28. The quantitative estimate of drug-likeness (QED) is 0.706. The van der Waals surface area contributed by atoms with E-state index in [0.29, 0.717) is 6.04 Å². The molecule has 3 nitrogen and oxygen atoms in total. The average molecular weight is 179 g/mol. The van der Waals surface area contributed by atoms with Crippen LogP contribution in [0.4, 0.5) is 0 Å². The van der Waals surface area contributed by atoms with Crippen LogP contribution in [0.15, 0.2) is 12.5 Å². The molecule has 0 fully saturated rings. The first-order valence-corrected chi connectivity index (χ1v) is 4.57. The molecule has 0 unspecified atom stereocenters. The molecule has 0 spiro atoms. The minimum Gasteiger partial charge on any atom is -0.298 e. The van der Waals surface area contributed by atoms with Crippen molar-refractivity contribution >= 4 is 0 Å². The zero-order chi connectivity index (χ0) is 9.84. The van der Waals surface area contributed by atoms with E-state index in [2.05, 4.69) is 35.8 Å². The van der Waals surface area contributed by atoms with Crippen molar-refractivity contribution in [1.29, 1.82) is 0 Å². The van der Waals surface area contributed by atoms with Gasteiger partial charge in [0.15, 0.2) is 0 Å². The van der Waals surface area contributed by atoms with Crippen LogP contribution in [0.3, 0.4) is 0 Å². The Kier molecular flexibility index (Phi) is 3.37. The topological polar surface area (TPSA) is 29.0 Å². The van der Waals surface area contributed by atoms with Gasteiger partial charge in [0.25, 0.3) is 0 Å². The lowest BCUT2D eigenvalue weighted by molar-refractivity contribution is 0.262. The number of aromatic nitrogens is 2. The first kappa shape index (κ1) is 10.1. The van der Waals surface area contributed by atoms with Gasteiger partial charge in [-0.3, -0.25) is 4.90 Å². The standard InChI is InChI=1S/C10H17N3/c1-8(2)13(4)6-10-9(3)5-11-7-12-10/h5,7-8H,6H2,1-4H3. The van der Waals surface area contributed by atoms with Gasteiger partial charge >= 0.3 is 0 Å². The summed E-state index contributed by atoms with van der Waals surface area (Å²) in [7, 11) is 2.10. The molecular formula is C10H17N3. The van der Waals surface area contributed by atoms with E-state index in [-0.39, 0.29) is 0 Å². The van der Waals surface area contributed by atoms with Crippen molar-refractivity contribution in [3.63, 3.8) is 0 Å². The fourth-order valence-electron chi connectivity index (χ4n) is 1.01. The molecule has 0 amide bonds. The van der Waals surface area contributed by atoms with Gasteiger partial charge in [-0.15, -0.1) is 0 Å². The van der Waals surface area contributed by atoms with Crippen molar-refractivity contribution in [3.05, 3.63) is 23.8 Å². The van der Waals surface area contributed by atoms with Crippen molar-refractivity contribution in [1.82, 2.24) is 14.9 Å². The van der Waals surface area contributed by atoms with Crippen molar-refractivity contribution in [2.45, 2.75) is 33.4 Å². The van der Waals surface area contributed by atoms with E-state index in [9.17, 15) is 0 Å². The summed E-state index contributed by atoms with van der Waals surface area (Å²) >= 11 is 0. The van der Waals surface area contributed by atoms with Crippen LogP contribution < -0.4 is 0 Å². The lowest BCUT2D eigenvalue weighted by Gasteiger charge is -2.20. The Balaban J connectivity index is 2.69. The molecule has 0 saturated carbocycles. The summed E-state index contributed by atoms with van der Waals surface area (Å²) in [6.45, 7) is 7.29. The van der Waals surface area contributed by atoms with Crippen molar-refractivity contribution in [3.8, 4) is 0 Å². The fraction of sp³-hybridized carbons (Fsp3) is 0.600. The molecular weight excluding hydrogens is 162 g/mol. The number of hydrogen-bond donors (Lipinski definition) is 0. The van der Waals surface area contributed by atoms with E-state index in [4.69, 9.17) is 0 Å². The molecule has 1 aromatic heterocycles. The third-order valence-corrected chi connectivity index (χ3v) is 2.28. The van der Waals surface area contributed by atoms with Crippen molar-refractivity contribution < 1.29 is 0 Å². The Hall–Kier alpha value is -0.960. The second-order valence-electron chi connectivity index (χ2n) is 3.66. The van der Waals surface area contributed by atoms with E-state index in [1.165, 1.54) is 0 Å². The normalized spacial score (nSPS) is 11.2. The lowest BCUT2D eigenvalue weighted by Crippen LogP contribution is -2.26. The summed E-state index contributed by atoms with van der Waals surface area (Å²) in [5, 5.41) is 0. The van der Waals surface area contributed by atoms with Crippen LogP contribution in [0.5, 0.6) is 0 Å². The number of nitrogens with zero attached hydrogens (tertiary/aromatic N) is 3. The van der Waals surface area contributed by atoms with E-state index < -0.39 is 0 Å². The van der Waals surface area contributed by atoms with Gasteiger partial charge < -0.3 is 0 Å². The second-order valence-corrected chi connectivity index (χ2v) is 3.66. The van der Waals surface area contributed by atoms with Crippen LogP contribution in [0, 0.1) is 6.92 Å². The maximum atomic E-state index is 4.25. The Labute approximate surface area is 79.8 Å². The van der Waals surface area contributed by atoms with Gasteiger partial charge in [0.2, 0.25) is 0 Å². The predicted molar refractivity (Wildman–Crippen MR) is 53.4 cm³/mol. The summed E-state index contributed by atoms with van der Waals surface area (Å²) in [6, 6.07) is 0.550. The monoisotopic (exact) mass is 179 g/mol. The molecule has 0 atom stereocenters. The maximum absolute atomic E-state index is 4.25. The molecule has 0 aromatic carbocycles. The molecule has 13 heavy (non-hydrogen) atoms. The Morgan fingerprint density at radius 1 is 1.46 bits per heavy atom. The number of rotatable bonds is 3. The van der Waals surface area contributed by atoms with Gasteiger partial charge in [-0.2, -0.15) is 0 Å². The first-order valence-electron chi connectivity index (χ1n) is 4.57. The summed E-state index contributed by atoms with van der Waals surface area (Å²) in [5.74, 6) is 0. The molecule has 0 N–H and O–H groups in total. The highest BCUT2D eigenvalue weighted by atomic mass is 15.1. The summed E-state index contributed by atoms with van der Waals surface area (Å²) in [6.07, 6.45) is 3.47. The highest BCUT2D eigenvalue weighted by molar-refractivity contribution is 5.13. The molecule has 0 saturated heterocycles. The van der Waals surface area contributed by atoms with E-state index in [1.54, 1.807) is 6.33 Å². The zero-order valence-electron chi connectivity index (χ0n) is 8.78. The van der Waals surface area contributed by atoms with Crippen LogP contribution in [0.25, 0.3) is 0 Å². The molecule has 0 aliphatic carbocycles.